The van der Waals surface area contributed by atoms with Crippen molar-refractivity contribution in [2.75, 3.05) is 0 Å². The lowest BCUT2D eigenvalue weighted by atomic mass is 10.0. The first-order valence-electron chi connectivity index (χ1n) is 12.8. The number of aliphatic hydroxyl groups excluding tert-OH is 1. The van der Waals surface area contributed by atoms with Gasteiger partial charge in [0.2, 0.25) is 16.5 Å². The molecule has 1 atom stereocenters. The molecule has 1 N–H and O–H groups in total. The minimum absolute atomic E-state index is 0.137. The van der Waals surface area contributed by atoms with Crippen LogP contribution in [0.5, 0.6) is 0 Å². The summed E-state index contributed by atoms with van der Waals surface area (Å²) in [6.45, 7) is -0.361. The molecule has 5 aromatic rings. The zero-order chi connectivity index (χ0) is 31.6. The molecule has 0 amide bonds. The second-order valence-electron chi connectivity index (χ2n) is 9.33. The molecule has 0 aliphatic rings. The quantitative estimate of drug-likeness (QED) is 0.0792. The van der Waals surface area contributed by atoms with Crippen molar-refractivity contribution in [1.29, 1.82) is 0 Å². The highest BCUT2D eigenvalue weighted by Crippen LogP contribution is 2.42. The minimum atomic E-state index is -5.67. The number of carbonyl (C=O) groups excluding carboxylic acids is 1. The number of alkyl halides is 3. The largest absolute Gasteiger partial charge is 0.422 e. The lowest BCUT2D eigenvalue weighted by Gasteiger charge is -2.15. The summed E-state index contributed by atoms with van der Waals surface area (Å²) in [4.78, 5) is 13.4. The molecule has 1 unspecified atom stereocenters. The summed E-state index contributed by atoms with van der Waals surface area (Å²) >= 11 is 1.23. The normalized spacial score (nSPS) is 12.3. The van der Waals surface area contributed by atoms with Crippen molar-refractivity contribution in [3.8, 4) is 0 Å². The van der Waals surface area contributed by atoms with Gasteiger partial charge in [0, 0.05) is 20.9 Å². The number of benzene rings is 5. The van der Waals surface area contributed by atoms with Crippen LogP contribution in [0.1, 0.15) is 27.0 Å². The first-order chi connectivity index (χ1) is 21.0. The number of hydrogen-bond donors (Lipinski definition) is 1. The van der Waals surface area contributed by atoms with Crippen LogP contribution in [-0.2, 0) is 23.7 Å². The number of aliphatic hydroxyl groups is 1. The van der Waals surface area contributed by atoms with Crippen LogP contribution in [0.3, 0.4) is 0 Å². The Morgan fingerprint density at radius 2 is 1.20 bits per heavy atom. The van der Waals surface area contributed by atoms with Gasteiger partial charge in [-0.1, -0.05) is 66.4 Å². The van der Waals surface area contributed by atoms with Gasteiger partial charge in [0.25, 0.3) is 0 Å². The Hall–Kier alpha value is -4.06. The molecule has 2 nitrogen and oxygen atoms in total. The number of halogens is 7. The zero-order valence-corrected chi connectivity index (χ0v) is 24.0. The summed E-state index contributed by atoms with van der Waals surface area (Å²) in [5.41, 5.74) is -1.28. The molecule has 0 bridgehead atoms. The fourth-order valence-electron chi connectivity index (χ4n) is 4.40. The SMILES string of the molecule is O=C(c1ccccc1)c1ccccc1Sc1ccc([S+](c2ccc(CO)cc2)c2c(F)c(F)c(C(F)(F)F)c(F)c2F)cc1. The topological polar surface area (TPSA) is 37.3 Å². The molecule has 0 aliphatic carbocycles. The number of hydrogen-bond acceptors (Lipinski definition) is 3. The van der Waals surface area contributed by atoms with E-state index in [1.165, 1.54) is 48.2 Å². The maximum Gasteiger partial charge on any atom is 0.422 e. The molecular weight excluding hydrogens is 625 g/mol. The zero-order valence-electron chi connectivity index (χ0n) is 22.3. The molecule has 0 saturated carbocycles. The predicted molar refractivity (Wildman–Crippen MR) is 153 cm³/mol. The van der Waals surface area contributed by atoms with Crippen LogP contribution in [0.2, 0.25) is 0 Å². The van der Waals surface area contributed by atoms with Gasteiger partial charge in [0.05, 0.1) is 6.61 Å². The summed E-state index contributed by atoms with van der Waals surface area (Å²) < 4.78 is 99.7. The van der Waals surface area contributed by atoms with E-state index >= 15 is 8.78 Å². The van der Waals surface area contributed by atoms with Gasteiger partial charge in [-0.15, -0.1) is 0 Å². The van der Waals surface area contributed by atoms with Gasteiger partial charge in [-0.05, 0) is 54.1 Å². The average molecular weight is 646 g/mol. The molecule has 5 aromatic carbocycles. The van der Waals surface area contributed by atoms with Crippen LogP contribution < -0.4 is 0 Å². The van der Waals surface area contributed by atoms with Crippen molar-refractivity contribution >= 4 is 28.4 Å². The van der Waals surface area contributed by atoms with Gasteiger partial charge in [-0.3, -0.25) is 4.79 Å². The van der Waals surface area contributed by atoms with Crippen LogP contribution in [0.15, 0.2) is 128 Å². The second-order valence-corrected chi connectivity index (χ2v) is 12.4. The van der Waals surface area contributed by atoms with E-state index < -0.39 is 50.8 Å². The van der Waals surface area contributed by atoms with Crippen molar-refractivity contribution in [1.82, 2.24) is 0 Å². The van der Waals surface area contributed by atoms with Gasteiger partial charge in [-0.2, -0.15) is 22.0 Å². The molecular formula is C33H20F7O2S2+. The third-order valence-electron chi connectivity index (χ3n) is 6.51. The first kappa shape index (κ1) is 31.4. The van der Waals surface area contributed by atoms with E-state index in [4.69, 9.17) is 0 Å². The summed E-state index contributed by atoms with van der Waals surface area (Å²) in [6, 6.07) is 27.2. The van der Waals surface area contributed by atoms with E-state index in [-0.39, 0.29) is 22.2 Å². The minimum Gasteiger partial charge on any atom is -0.392 e. The van der Waals surface area contributed by atoms with E-state index in [0.717, 1.165) is 0 Å². The Bertz CT molecular complexity index is 1780. The monoisotopic (exact) mass is 645 g/mol. The van der Waals surface area contributed by atoms with Gasteiger partial charge >= 0.3 is 6.18 Å². The Balaban J connectivity index is 1.57. The van der Waals surface area contributed by atoms with E-state index in [2.05, 4.69) is 0 Å². The molecule has 224 valence electrons. The Labute approximate surface area is 254 Å². The third-order valence-corrected chi connectivity index (χ3v) is 9.84. The molecule has 0 aromatic heterocycles. The highest BCUT2D eigenvalue weighted by Gasteiger charge is 2.47. The molecule has 11 heteroatoms. The van der Waals surface area contributed by atoms with Crippen LogP contribution in [0, 0.1) is 23.3 Å². The highest BCUT2D eigenvalue weighted by atomic mass is 32.2. The first-order valence-corrected chi connectivity index (χ1v) is 14.9. The van der Waals surface area contributed by atoms with E-state index in [9.17, 15) is 31.9 Å². The Kier molecular flexibility index (Phi) is 9.19. The average Bonchev–Trinajstić information content (AvgIpc) is 3.02. The molecule has 0 heterocycles. The van der Waals surface area contributed by atoms with Crippen molar-refractivity contribution in [3.63, 3.8) is 0 Å². The van der Waals surface area contributed by atoms with E-state index in [0.29, 0.717) is 26.5 Å². The summed E-state index contributed by atoms with van der Waals surface area (Å²) in [5.74, 6) is -9.59. The fraction of sp³-hybridized carbons (Fsp3) is 0.0606. The predicted octanol–water partition coefficient (Wildman–Crippen LogP) is 9.23. The van der Waals surface area contributed by atoms with Gasteiger partial charge in [0.15, 0.2) is 27.2 Å². The molecule has 44 heavy (non-hydrogen) atoms. The summed E-state index contributed by atoms with van der Waals surface area (Å²) in [5, 5.41) is 9.39. The standard InChI is InChI=1S/C33H20F7O2S2/c34-27-26(33(38,39)40)28(35)30(37)32(29(27)36)44(22-14-10-19(18-41)11-15-22)23-16-12-21(13-17-23)43-25-9-5-4-8-24(25)31(42)20-6-2-1-3-7-20/h1-17,41H,18H2/q+1. The van der Waals surface area contributed by atoms with Crippen LogP contribution in [0.25, 0.3) is 0 Å². The molecule has 0 spiro atoms. The van der Waals surface area contributed by atoms with Crippen molar-refractivity contribution in [2.45, 2.75) is 37.3 Å². The number of ketones is 1. The maximum absolute atomic E-state index is 15.3. The molecule has 0 saturated heterocycles. The number of carbonyl (C=O) groups is 1. The molecule has 5 rings (SSSR count). The van der Waals surface area contributed by atoms with Crippen molar-refractivity contribution in [2.24, 2.45) is 0 Å². The lowest BCUT2D eigenvalue weighted by molar-refractivity contribution is -0.143. The smallest absolute Gasteiger partial charge is 0.392 e. The Morgan fingerprint density at radius 1 is 0.682 bits per heavy atom. The molecule has 0 radical (unpaired) electrons. The van der Waals surface area contributed by atoms with Gasteiger partial charge < -0.3 is 5.11 Å². The van der Waals surface area contributed by atoms with Crippen molar-refractivity contribution in [3.05, 3.63) is 149 Å². The lowest BCUT2D eigenvalue weighted by Crippen LogP contribution is -2.19. The van der Waals surface area contributed by atoms with Gasteiger partial charge in [-0.25, -0.2) is 8.78 Å². The fourth-order valence-corrected chi connectivity index (χ4v) is 7.44. The third kappa shape index (κ3) is 6.26. The van der Waals surface area contributed by atoms with Crippen LogP contribution >= 0.6 is 11.8 Å². The van der Waals surface area contributed by atoms with E-state index in [1.807, 2.05) is 0 Å². The summed E-state index contributed by atoms with van der Waals surface area (Å²) in [7, 11) is -1.94. The van der Waals surface area contributed by atoms with Crippen molar-refractivity contribution < 1.29 is 40.6 Å². The molecule has 0 fully saturated rings. The maximum atomic E-state index is 15.3. The Morgan fingerprint density at radius 3 is 1.75 bits per heavy atom. The summed E-state index contributed by atoms with van der Waals surface area (Å²) in [6.07, 6.45) is -5.67. The van der Waals surface area contributed by atoms with Crippen LogP contribution in [0.4, 0.5) is 30.7 Å². The number of rotatable bonds is 8. The second kappa shape index (κ2) is 12.9. The highest BCUT2D eigenvalue weighted by molar-refractivity contribution is 7.99. The molecule has 0 aliphatic heterocycles. The van der Waals surface area contributed by atoms with E-state index in [1.54, 1.807) is 66.7 Å². The van der Waals surface area contributed by atoms with Crippen LogP contribution in [-0.4, -0.2) is 10.9 Å². The van der Waals surface area contributed by atoms with Gasteiger partial charge in [0.1, 0.15) is 16.5 Å².